The molecule has 192 valence electrons. The van der Waals surface area contributed by atoms with Crippen LogP contribution in [-0.4, -0.2) is 89.4 Å². The van der Waals surface area contributed by atoms with E-state index in [9.17, 15) is 4.79 Å². The first kappa shape index (κ1) is 24.6. The molecule has 2 amide bonds. The van der Waals surface area contributed by atoms with Gasteiger partial charge in [0.2, 0.25) is 0 Å². The monoisotopic (exact) mass is 512 g/mol. The number of hydrogen-bond donors (Lipinski definition) is 1. The number of pyridine rings is 1. The van der Waals surface area contributed by atoms with Gasteiger partial charge in [-0.3, -0.25) is 0 Å². The van der Waals surface area contributed by atoms with Gasteiger partial charge in [-0.25, -0.2) is 9.78 Å². The van der Waals surface area contributed by atoms with E-state index >= 15 is 0 Å². The number of carbonyl (C=O) groups excluding carboxylic acids is 1. The molecule has 0 unspecified atom stereocenters. The number of carbonyl (C=O) groups is 1. The second-order valence-electron chi connectivity index (χ2n) is 9.14. The Bertz CT molecular complexity index is 1180. The van der Waals surface area contributed by atoms with Crippen molar-refractivity contribution in [2.75, 3.05) is 57.4 Å². The van der Waals surface area contributed by atoms with E-state index in [0.29, 0.717) is 35.5 Å². The van der Waals surface area contributed by atoms with Crippen molar-refractivity contribution in [3.8, 4) is 17.3 Å². The maximum atomic E-state index is 12.6. The molecule has 3 aromatic rings. The molecular weight excluding hydrogens is 480 g/mol. The van der Waals surface area contributed by atoms with Crippen LogP contribution in [0.15, 0.2) is 30.3 Å². The average molecular weight is 513 g/mol. The molecule has 2 saturated heterocycles. The van der Waals surface area contributed by atoms with E-state index in [0.717, 1.165) is 63.3 Å². The van der Waals surface area contributed by atoms with Crippen LogP contribution in [0, 0.1) is 0 Å². The molecule has 0 saturated carbocycles. The van der Waals surface area contributed by atoms with E-state index < -0.39 is 0 Å². The molecule has 4 heterocycles. The minimum absolute atomic E-state index is 0.00557. The number of imidazole rings is 1. The highest BCUT2D eigenvalue weighted by Crippen LogP contribution is 2.31. The number of nitrogens with one attached hydrogen (secondary N) is 1. The summed E-state index contributed by atoms with van der Waals surface area (Å²) in [6.45, 7) is 10.1. The number of ether oxygens (including phenoxy) is 2. The number of benzene rings is 1. The van der Waals surface area contributed by atoms with Crippen molar-refractivity contribution in [1.29, 1.82) is 0 Å². The fourth-order valence-electron chi connectivity index (χ4n) is 4.82. The first-order valence-corrected chi connectivity index (χ1v) is 13.1. The van der Waals surface area contributed by atoms with Gasteiger partial charge < -0.3 is 29.2 Å². The van der Waals surface area contributed by atoms with Crippen LogP contribution in [0.25, 0.3) is 22.4 Å². The number of nitrogens with zero attached hydrogens (tertiary/aromatic N) is 5. The average Bonchev–Trinajstić information content (AvgIpc) is 3.30. The van der Waals surface area contributed by atoms with Gasteiger partial charge >= 0.3 is 6.03 Å². The molecule has 1 aromatic carbocycles. The summed E-state index contributed by atoms with van der Waals surface area (Å²) in [5, 5.41) is 0.556. The number of likely N-dealkylation sites (tertiary alicyclic amines) is 1. The molecule has 9 nitrogen and oxygen atoms in total. The lowest BCUT2D eigenvalue weighted by molar-refractivity contribution is 0.0914. The van der Waals surface area contributed by atoms with Crippen LogP contribution in [0.5, 0.6) is 6.01 Å². The summed E-state index contributed by atoms with van der Waals surface area (Å²) >= 11 is 6.60. The van der Waals surface area contributed by atoms with Crippen molar-refractivity contribution in [1.82, 2.24) is 24.8 Å². The number of hydrogen-bond acceptors (Lipinski definition) is 6. The number of aromatic amines is 1. The lowest BCUT2D eigenvalue weighted by atomic mass is 10.1. The summed E-state index contributed by atoms with van der Waals surface area (Å²) in [6.07, 6.45) is 1.52. The third-order valence-electron chi connectivity index (χ3n) is 6.95. The summed E-state index contributed by atoms with van der Waals surface area (Å²) in [5.74, 6) is 0. The number of fused-ring (bicyclic) bond motifs is 1. The number of rotatable bonds is 6. The van der Waals surface area contributed by atoms with E-state index in [1.165, 1.54) is 5.69 Å². The molecule has 0 aliphatic carbocycles. The third kappa shape index (κ3) is 5.22. The van der Waals surface area contributed by atoms with Crippen LogP contribution in [0.4, 0.5) is 10.5 Å². The Kier molecular flexibility index (Phi) is 7.48. The number of urea groups is 1. The Morgan fingerprint density at radius 1 is 1.11 bits per heavy atom. The van der Waals surface area contributed by atoms with Crippen LogP contribution < -0.4 is 9.64 Å². The number of H-pyrrole nitrogens is 1. The van der Waals surface area contributed by atoms with E-state index in [-0.39, 0.29) is 12.1 Å². The van der Waals surface area contributed by atoms with Gasteiger partial charge in [-0.2, -0.15) is 4.98 Å². The SMILES string of the molecule is CCN(CC)C(=O)N1CCC(Oc2nc3nc(-c4ccc(N5CCOCC5)cc4)c(Cl)cc3[nH]2)CC1. The summed E-state index contributed by atoms with van der Waals surface area (Å²) in [4.78, 5) is 31.2. The largest absolute Gasteiger partial charge is 0.461 e. The summed E-state index contributed by atoms with van der Waals surface area (Å²) in [6, 6.07) is 10.7. The third-order valence-corrected chi connectivity index (χ3v) is 7.23. The number of piperidine rings is 1. The predicted octanol–water partition coefficient (Wildman–Crippen LogP) is 4.42. The minimum atomic E-state index is -0.00557. The van der Waals surface area contributed by atoms with Gasteiger partial charge in [0, 0.05) is 63.4 Å². The van der Waals surface area contributed by atoms with E-state index in [2.05, 4.69) is 27.0 Å². The van der Waals surface area contributed by atoms with Crippen molar-refractivity contribution in [3.05, 3.63) is 35.4 Å². The van der Waals surface area contributed by atoms with Gasteiger partial charge in [0.1, 0.15) is 6.10 Å². The molecule has 1 N–H and O–H groups in total. The Morgan fingerprint density at radius 3 is 2.47 bits per heavy atom. The van der Waals surface area contributed by atoms with Crippen molar-refractivity contribution in [3.63, 3.8) is 0 Å². The lowest BCUT2D eigenvalue weighted by Gasteiger charge is -2.34. The molecule has 36 heavy (non-hydrogen) atoms. The number of amides is 2. The predicted molar refractivity (Wildman–Crippen MR) is 141 cm³/mol. The zero-order valence-electron chi connectivity index (χ0n) is 20.9. The second-order valence-corrected chi connectivity index (χ2v) is 9.54. The van der Waals surface area contributed by atoms with Crippen molar-refractivity contribution in [2.24, 2.45) is 0 Å². The second kappa shape index (κ2) is 10.9. The lowest BCUT2D eigenvalue weighted by Crippen LogP contribution is -2.48. The number of anilines is 1. The van der Waals surface area contributed by atoms with E-state index in [1.807, 2.05) is 41.8 Å². The maximum Gasteiger partial charge on any atom is 0.319 e. The molecule has 0 radical (unpaired) electrons. The van der Waals surface area contributed by atoms with Crippen LogP contribution in [-0.2, 0) is 4.74 Å². The highest BCUT2D eigenvalue weighted by molar-refractivity contribution is 6.33. The Labute approximate surface area is 216 Å². The molecule has 10 heteroatoms. The highest BCUT2D eigenvalue weighted by atomic mass is 35.5. The molecule has 2 aliphatic rings. The van der Waals surface area contributed by atoms with Crippen LogP contribution in [0.1, 0.15) is 26.7 Å². The zero-order valence-corrected chi connectivity index (χ0v) is 21.6. The van der Waals surface area contributed by atoms with Gasteiger partial charge in [-0.1, -0.05) is 23.7 Å². The van der Waals surface area contributed by atoms with Crippen molar-refractivity contribution >= 4 is 34.5 Å². The van der Waals surface area contributed by atoms with Gasteiger partial charge in [-0.05, 0) is 32.0 Å². The Hall–Kier alpha value is -3.04. The van der Waals surface area contributed by atoms with Crippen LogP contribution in [0.3, 0.4) is 0 Å². The highest BCUT2D eigenvalue weighted by Gasteiger charge is 2.27. The number of halogens is 1. The summed E-state index contributed by atoms with van der Waals surface area (Å²) in [5.41, 5.74) is 4.10. The summed E-state index contributed by atoms with van der Waals surface area (Å²) in [7, 11) is 0. The molecule has 5 rings (SSSR count). The molecule has 2 fully saturated rings. The first-order valence-electron chi connectivity index (χ1n) is 12.8. The van der Waals surface area contributed by atoms with Gasteiger partial charge in [0.05, 0.1) is 29.4 Å². The smallest absolute Gasteiger partial charge is 0.319 e. The zero-order chi connectivity index (χ0) is 25.1. The van der Waals surface area contributed by atoms with Crippen LogP contribution >= 0.6 is 11.6 Å². The van der Waals surface area contributed by atoms with Crippen LogP contribution in [0.2, 0.25) is 5.02 Å². The fourth-order valence-corrected chi connectivity index (χ4v) is 5.08. The molecule has 0 spiro atoms. The first-order chi connectivity index (χ1) is 17.6. The molecule has 2 aromatic heterocycles. The minimum Gasteiger partial charge on any atom is -0.461 e. The van der Waals surface area contributed by atoms with Crippen molar-refractivity contribution < 1.29 is 14.3 Å². The quantitative estimate of drug-likeness (QED) is 0.526. The number of aromatic nitrogens is 3. The van der Waals surface area contributed by atoms with Gasteiger partial charge in [0.25, 0.3) is 6.01 Å². The maximum absolute atomic E-state index is 12.6. The van der Waals surface area contributed by atoms with Crippen molar-refractivity contribution in [2.45, 2.75) is 32.8 Å². The molecular formula is C26H33ClN6O3. The van der Waals surface area contributed by atoms with E-state index in [4.69, 9.17) is 26.1 Å². The molecule has 2 aliphatic heterocycles. The van der Waals surface area contributed by atoms with Gasteiger partial charge in [-0.15, -0.1) is 0 Å². The Balaban J connectivity index is 1.25. The summed E-state index contributed by atoms with van der Waals surface area (Å²) < 4.78 is 11.6. The molecule has 0 bridgehead atoms. The van der Waals surface area contributed by atoms with Gasteiger partial charge in [0.15, 0.2) is 5.65 Å². The fraction of sp³-hybridized carbons (Fsp3) is 0.500. The Morgan fingerprint density at radius 2 is 1.81 bits per heavy atom. The van der Waals surface area contributed by atoms with E-state index in [1.54, 1.807) is 0 Å². The molecule has 0 atom stereocenters. The topological polar surface area (TPSA) is 86.8 Å². The number of morpholine rings is 1. The normalized spacial score (nSPS) is 17.0. The standard InChI is InChI=1S/C26H33ClN6O3/c1-3-31(4-2)26(34)33-11-9-20(10-12-33)36-25-28-22-17-21(27)23(29-24(22)30-25)18-5-7-19(8-6-18)32-13-15-35-16-14-32/h5-8,17,20H,3-4,9-16H2,1-2H3,(H,28,29,30).